The van der Waals surface area contributed by atoms with Crippen LogP contribution < -0.4 is 5.43 Å². The summed E-state index contributed by atoms with van der Waals surface area (Å²) in [5, 5.41) is 13.7. The van der Waals surface area contributed by atoms with Crippen LogP contribution in [0.3, 0.4) is 0 Å². The number of hydrogen-bond acceptors (Lipinski definition) is 4. The van der Waals surface area contributed by atoms with Gasteiger partial charge in [0, 0.05) is 9.13 Å². The number of aryl methyl sites for hydroxylation is 1. The maximum atomic E-state index is 11.8. The van der Waals surface area contributed by atoms with Crippen molar-refractivity contribution in [2.75, 3.05) is 0 Å². The third-order valence-corrected chi connectivity index (χ3v) is 3.98. The molecule has 1 heterocycles. The second-order valence-electron chi connectivity index (χ2n) is 3.92. The van der Waals surface area contributed by atoms with Gasteiger partial charge in [0.1, 0.15) is 11.5 Å². The Balaban J connectivity index is 2.11. The van der Waals surface area contributed by atoms with E-state index >= 15 is 0 Å². The molecule has 0 radical (unpaired) electrons. The monoisotopic (exact) mass is 496 g/mol. The van der Waals surface area contributed by atoms with E-state index < -0.39 is 0 Å². The van der Waals surface area contributed by atoms with Crippen LogP contribution in [0, 0.1) is 14.1 Å². The van der Waals surface area contributed by atoms with Crippen molar-refractivity contribution in [3.05, 3.63) is 48.5 Å². The number of furan rings is 1. The summed E-state index contributed by atoms with van der Waals surface area (Å²) in [6.07, 6.45) is 2.86. The Labute approximate surface area is 142 Å². The molecule has 0 bridgehead atoms. The van der Waals surface area contributed by atoms with Crippen molar-refractivity contribution >= 4 is 57.3 Å². The molecule has 0 spiro atoms. The molecule has 2 N–H and O–H groups in total. The predicted molar refractivity (Wildman–Crippen MR) is 92.0 cm³/mol. The Morgan fingerprint density at radius 2 is 2.20 bits per heavy atom. The van der Waals surface area contributed by atoms with Crippen LogP contribution in [-0.4, -0.2) is 17.2 Å². The lowest BCUT2D eigenvalue weighted by Gasteiger charge is -2.03. The first-order chi connectivity index (χ1) is 9.49. The van der Waals surface area contributed by atoms with Gasteiger partial charge in [-0.1, -0.05) is 0 Å². The second-order valence-corrected chi connectivity index (χ2v) is 6.32. The smallest absolute Gasteiger partial charge is 0.274 e. The van der Waals surface area contributed by atoms with Gasteiger partial charge in [-0.05, 0) is 70.3 Å². The zero-order valence-corrected chi connectivity index (χ0v) is 14.7. The first-order valence-corrected chi connectivity index (χ1v) is 7.70. The van der Waals surface area contributed by atoms with Gasteiger partial charge in [-0.25, -0.2) is 5.43 Å². The molecular weight excluding hydrogens is 486 g/mol. The molecule has 2 aromatic rings. The summed E-state index contributed by atoms with van der Waals surface area (Å²) in [6.45, 7) is 1.70. The molecule has 104 valence electrons. The molecule has 1 amide bonds. The highest BCUT2D eigenvalue weighted by Crippen LogP contribution is 2.25. The average molecular weight is 496 g/mol. The summed E-state index contributed by atoms with van der Waals surface area (Å²) in [7, 11) is 0. The van der Waals surface area contributed by atoms with Crippen LogP contribution in [0.5, 0.6) is 5.75 Å². The van der Waals surface area contributed by atoms with Gasteiger partial charge in [0.25, 0.3) is 5.91 Å². The molecule has 5 nitrogen and oxygen atoms in total. The van der Waals surface area contributed by atoms with Gasteiger partial charge in [0.2, 0.25) is 0 Å². The number of phenols is 1. The Bertz CT molecular complexity index is 680. The largest absolute Gasteiger partial charge is 0.506 e. The number of carbonyl (C=O) groups excluding carboxylic acids is 1. The standard InChI is InChI=1S/C13H10I2N2O3/c1-7-10(2-3-20-7)13(19)17-16-6-8-4-9(14)5-11(15)12(8)18/h2-6,18H,1H3,(H,17,19)/b16-6-. The Morgan fingerprint density at radius 1 is 1.45 bits per heavy atom. The molecule has 7 heteroatoms. The molecule has 1 aromatic heterocycles. The fourth-order valence-corrected chi connectivity index (χ4v) is 3.42. The first kappa shape index (κ1) is 15.3. The van der Waals surface area contributed by atoms with E-state index in [0.29, 0.717) is 16.9 Å². The lowest BCUT2D eigenvalue weighted by molar-refractivity contribution is 0.0953. The Hall–Kier alpha value is -1.10. The van der Waals surface area contributed by atoms with E-state index in [1.807, 2.05) is 28.7 Å². The zero-order chi connectivity index (χ0) is 14.7. The summed E-state index contributed by atoms with van der Waals surface area (Å²) >= 11 is 4.19. The number of carbonyl (C=O) groups is 1. The van der Waals surface area contributed by atoms with Gasteiger partial charge in [-0.3, -0.25) is 4.79 Å². The van der Waals surface area contributed by atoms with E-state index in [9.17, 15) is 9.90 Å². The lowest BCUT2D eigenvalue weighted by Crippen LogP contribution is -2.17. The number of hydrogen-bond donors (Lipinski definition) is 2. The number of amides is 1. The van der Waals surface area contributed by atoms with E-state index in [1.54, 1.807) is 19.1 Å². The van der Waals surface area contributed by atoms with Gasteiger partial charge in [-0.2, -0.15) is 5.10 Å². The van der Waals surface area contributed by atoms with Crippen LogP contribution in [-0.2, 0) is 0 Å². The minimum atomic E-state index is -0.354. The molecule has 2 rings (SSSR count). The van der Waals surface area contributed by atoms with E-state index in [4.69, 9.17) is 4.42 Å². The topological polar surface area (TPSA) is 74.8 Å². The van der Waals surface area contributed by atoms with E-state index in [2.05, 4.69) is 33.1 Å². The highest BCUT2D eigenvalue weighted by atomic mass is 127. The van der Waals surface area contributed by atoms with Crippen molar-refractivity contribution in [1.82, 2.24) is 5.43 Å². The number of benzene rings is 1. The molecule has 0 aliphatic heterocycles. The van der Waals surface area contributed by atoms with Gasteiger partial charge in [-0.15, -0.1) is 0 Å². The third-order valence-electron chi connectivity index (χ3n) is 2.53. The van der Waals surface area contributed by atoms with Crippen LogP contribution >= 0.6 is 45.2 Å². The van der Waals surface area contributed by atoms with Crippen molar-refractivity contribution in [2.24, 2.45) is 5.10 Å². The van der Waals surface area contributed by atoms with Crippen LogP contribution in [0.25, 0.3) is 0 Å². The molecule has 0 fully saturated rings. The highest BCUT2D eigenvalue weighted by Gasteiger charge is 2.10. The second kappa shape index (κ2) is 6.57. The molecule has 0 saturated heterocycles. The predicted octanol–water partition coefficient (Wildman–Crippen LogP) is 3.27. The van der Waals surface area contributed by atoms with Crippen LogP contribution in [0.15, 0.2) is 34.0 Å². The van der Waals surface area contributed by atoms with Gasteiger partial charge in [0.05, 0.1) is 21.6 Å². The fraction of sp³-hybridized carbons (Fsp3) is 0.0769. The van der Waals surface area contributed by atoms with Gasteiger partial charge < -0.3 is 9.52 Å². The summed E-state index contributed by atoms with van der Waals surface area (Å²) in [4.78, 5) is 11.8. The Kier molecular flexibility index (Phi) is 5.02. The molecule has 0 saturated carbocycles. The molecule has 1 aromatic carbocycles. The quantitative estimate of drug-likeness (QED) is 0.390. The number of hydrazone groups is 1. The molecular formula is C13H10I2N2O3. The summed E-state index contributed by atoms with van der Waals surface area (Å²) < 4.78 is 6.75. The number of aromatic hydroxyl groups is 1. The highest BCUT2D eigenvalue weighted by molar-refractivity contribution is 14.1. The number of nitrogens with one attached hydrogen (secondary N) is 1. The Morgan fingerprint density at radius 3 is 2.85 bits per heavy atom. The molecule has 0 unspecified atom stereocenters. The van der Waals surface area contributed by atoms with Crippen LogP contribution in [0.2, 0.25) is 0 Å². The average Bonchev–Trinajstić information content (AvgIpc) is 2.81. The zero-order valence-electron chi connectivity index (χ0n) is 10.4. The van der Waals surface area contributed by atoms with Crippen LogP contribution in [0.4, 0.5) is 0 Å². The number of halogens is 2. The lowest BCUT2D eigenvalue weighted by atomic mass is 10.2. The first-order valence-electron chi connectivity index (χ1n) is 5.54. The number of nitrogens with zero attached hydrogens (tertiary/aromatic N) is 1. The van der Waals surface area contributed by atoms with Crippen molar-refractivity contribution in [3.63, 3.8) is 0 Å². The third kappa shape index (κ3) is 3.51. The maximum absolute atomic E-state index is 11.8. The van der Waals surface area contributed by atoms with Gasteiger partial charge >= 0.3 is 0 Å². The van der Waals surface area contributed by atoms with Crippen molar-refractivity contribution in [2.45, 2.75) is 6.92 Å². The van der Waals surface area contributed by atoms with E-state index in [0.717, 1.165) is 7.14 Å². The summed E-state index contributed by atoms with van der Waals surface area (Å²) in [5.41, 5.74) is 3.38. The minimum Gasteiger partial charge on any atom is -0.506 e. The van der Waals surface area contributed by atoms with E-state index in [-0.39, 0.29) is 11.7 Å². The molecule has 0 aliphatic carbocycles. The molecule has 0 atom stereocenters. The van der Waals surface area contributed by atoms with Crippen LogP contribution in [0.1, 0.15) is 21.7 Å². The van der Waals surface area contributed by atoms with Gasteiger partial charge in [0.15, 0.2) is 0 Å². The number of phenolic OH excluding ortho intramolecular Hbond substituents is 1. The fourth-order valence-electron chi connectivity index (χ4n) is 1.53. The minimum absolute atomic E-state index is 0.142. The number of rotatable bonds is 3. The SMILES string of the molecule is Cc1occc1C(=O)N/N=C\c1cc(I)cc(I)c1O. The molecule has 20 heavy (non-hydrogen) atoms. The summed E-state index contributed by atoms with van der Waals surface area (Å²) in [6, 6.07) is 5.20. The van der Waals surface area contributed by atoms with Crippen molar-refractivity contribution in [1.29, 1.82) is 0 Å². The molecule has 0 aliphatic rings. The normalized spacial score (nSPS) is 10.9. The maximum Gasteiger partial charge on any atom is 0.274 e. The summed E-state index contributed by atoms with van der Waals surface area (Å²) in [5.74, 6) is 0.320. The van der Waals surface area contributed by atoms with Crippen molar-refractivity contribution in [3.8, 4) is 5.75 Å². The van der Waals surface area contributed by atoms with Crippen molar-refractivity contribution < 1.29 is 14.3 Å². The van der Waals surface area contributed by atoms with E-state index in [1.165, 1.54) is 12.5 Å².